The zero-order valence-electron chi connectivity index (χ0n) is 21.5. The monoisotopic (exact) mass is 515 g/mol. The molecule has 196 valence electrons. The Morgan fingerprint density at radius 3 is 2.32 bits per heavy atom. The second-order valence-corrected chi connectivity index (χ2v) is 9.53. The highest BCUT2D eigenvalue weighted by Crippen LogP contribution is 2.39. The highest BCUT2D eigenvalue weighted by atomic mass is 16.6. The van der Waals surface area contributed by atoms with Gasteiger partial charge in [-0.05, 0) is 53.4 Å². The molecule has 1 amide bonds. The van der Waals surface area contributed by atoms with Crippen molar-refractivity contribution in [1.29, 1.82) is 0 Å². The molecule has 0 aromatic heterocycles. The molecule has 0 aliphatic carbocycles. The van der Waals surface area contributed by atoms with Crippen LogP contribution in [-0.2, 0) is 16.2 Å². The van der Waals surface area contributed by atoms with Crippen molar-refractivity contribution in [2.24, 2.45) is 0 Å². The van der Waals surface area contributed by atoms with Crippen molar-refractivity contribution in [2.75, 3.05) is 27.2 Å². The van der Waals surface area contributed by atoms with Gasteiger partial charge >= 0.3 is 0 Å². The van der Waals surface area contributed by atoms with Crippen molar-refractivity contribution in [3.05, 3.63) is 111 Å². The van der Waals surface area contributed by atoms with Gasteiger partial charge in [-0.25, -0.2) is 0 Å². The average molecular weight is 516 g/mol. The number of likely N-dealkylation sites (N-methyl/N-ethyl adjacent to an activating group) is 1. The number of rotatable bonds is 9. The molecule has 0 spiro atoms. The van der Waals surface area contributed by atoms with Gasteiger partial charge in [0.05, 0.1) is 38.2 Å². The summed E-state index contributed by atoms with van der Waals surface area (Å²) in [4.78, 5) is 39.2. The van der Waals surface area contributed by atoms with Gasteiger partial charge in [-0.2, -0.15) is 0 Å². The Morgan fingerprint density at radius 1 is 1.03 bits per heavy atom. The molecule has 1 saturated heterocycles. The molecule has 1 atom stereocenters. The molecule has 9 heteroatoms. The quantitative estimate of drug-likeness (QED) is 0.153. The van der Waals surface area contributed by atoms with E-state index in [0.717, 1.165) is 10.5 Å². The lowest BCUT2D eigenvalue weighted by Gasteiger charge is -2.27. The fourth-order valence-electron chi connectivity index (χ4n) is 4.41. The van der Waals surface area contributed by atoms with Gasteiger partial charge in [-0.1, -0.05) is 42.2 Å². The van der Waals surface area contributed by atoms with Crippen molar-refractivity contribution in [3.63, 3.8) is 0 Å². The van der Waals surface area contributed by atoms with Gasteiger partial charge in [-0.15, -0.1) is 0 Å². The van der Waals surface area contributed by atoms with Crippen LogP contribution in [-0.4, -0.2) is 48.7 Å². The standard InChI is InChI=1S/C29H29N3O6/c1-19-17-22(11-14-24(19)38-18-20-7-5-4-6-8-20)27(33)25-26(21-9-12-23(13-10-21)32(36)37)31(16-15-30(2)3)29(35)28(25)34/h4-14,17,26,33H,15-16,18H2,1-3H3. The van der Waals surface area contributed by atoms with Crippen molar-refractivity contribution in [1.82, 2.24) is 4.90 Å². The first-order valence-corrected chi connectivity index (χ1v) is 12.2. The maximum atomic E-state index is 13.7. The predicted molar refractivity (Wildman–Crippen MR) is 139 cm³/mol. The Labute approximate surface area is 220 Å². The summed E-state index contributed by atoms with van der Waals surface area (Å²) in [7, 11) is 3.84. The summed E-state index contributed by atoms with van der Waals surface area (Å²) in [6.45, 7) is 2.97. The number of ether oxygens (including phenoxy) is 1. The molecule has 3 aromatic rings. The molecule has 1 heterocycles. The number of likely N-dealkylation sites (tertiary alicyclic amines) is 1. The van der Waals surface area contributed by atoms with E-state index in [1.807, 2.05) is 51.4 Å². The van der Waals surface area contributed by atoms with E-state index in [2.05, 4.69) is 0 Å². The van der Waals surface area contributed by atoms with Crippen LogP contribution in [0.4, 0.5) is 5.69 Å². The number of hydrogen-bond acceptors (Lipinski definition) is 6. The number of hydrogen-bond donors (Lipinski definition) is 1. The zero-order chi connectivity index (χ0) is 27.4. The number of nitrogens with zero attached hydrogens (tertiary/aromatic N) is 2. The first-order chi connectivity index (χ1) is 18.2. The lowest BCUT2D eigenvalue weighted by molar-refractivity contribution is -0.857. The molecule has 4 rings (SSSR count). The van der Waals surface area contributed by atoms with Crippen LogP contribution in [0.25, 0.3) is 5.76 Å². The molecule has 0 bridgehead atoms. The van der Waals surface area contributed by atoms with Gasteiger partial charge in [0.25, 0.3) is 11.6 Å². The number of Topliss-reactive ketones (excluding diaryl/α,β-unsaturated/α-hetero) is 1. The average Bonchev–Trinajstić information content (AvgIpc) is 3.16. The van der Waals surface area contributed by atoms with Gasteiger partial charge in [0, 0.05) is 17.7 Å². The zero-order valence-corrected chi connectivity index (χ0v) is 21.5. The Morgan fingerprint density at radius 2 is 1.71 bits per heavy atom. The Kier molecular flexibility index (Phi) is 7.87. The van der Waals surface area contributed by atoms with Gasteiger partial charge in [0.15, 0.2) is 0 Å². The molecule has 0 saturated carbocycles. The van der Waals surface area contributed by atoms with Gasteiger partial charge in [0.1, 0.15) is 12.4 Å². The maximum absolute atomic E-state index is 13.7. The molecular weight excluding hydrogens is 486 g/mol. The second-order valence-electron chi connectivity index (χ2n) is 9.53. The largest absolute Gasteiger partial charge is 0.872 e. The summed E-state index contributed by atoms with van der Waals surface area (Å²) in [5.41, 5.74) is 2.16. The molecule has 0 radical (unpaired) electrons. The van der Waals surface area contributed by atoms with E-state index in [9.17, 15) is 24.8 Å². The third-order valence-corrected chi connectivity index (χ3v) is 6.48. The number of nitrogens with one attached hydrogen (secondary N) is 1. The minimum Gasteiger partial charge on any atom is -0.872 e. The first-order valence-electron chi connectivity index (χ1n) is 12.2. The smallest absolute Gasteiger partial charge is 0.295 e. The van der Waals surface area contributed by atoms with Crippen molar-refractivity contribution < 1.29 is 29.3 Å². The van der Waals surface area contributed by atoms with E-state index < -0.39 is 28.4 Å². The van der Waals surface area contributed by atoms with Crippen molar-refractivity contribution >= 4 is 23.1 Å². The Bertz CT molecular complexity index is 1380. The van der Waals surface area contributed by atoms with Crippen LogP contribution in [0.2, 0.25) is 0 Å². The summed E-state index contributed by atoms with van der Waals surface area (Å²) >= 11 is 0. The SMILES string of the molecule is Cc1cc(C([O-])=C2C(=O)C(=O)N(CC[NH+](C)C)C2c2ccc([N+](=O)[O-])cc2)ccc1OCc1ccccc1. The summed E-state index contributed by atoms with van der Waals surface area (Å²) in [5, 5.41) is 24.8. The minimum atomic E-state index is -0.933. The number of carbonyl (C=O) groups is 2. The lowest BCUT2D eigenvalue weighted by atomic mass is 9.94. The summed E-state index contributed by atoms with van der Waals surface area (Å²) < 4.78 is 5.91. The second kappa shape index (κ2) is 11.3. The van der Waals surface area contributed by atoms with Crippen molar-refractivity contribution in [2.45, 2.75) is 19.6 Å². The number of aryl methyl sites for hydroxylation is 1. The molecule has 9 nitrogen and oxygen atoms in total. The van der Waals surface area contributed by atoms with E-state index in [4.69, 9.17) is 4.74 Å². The Hall–Kier alpha value is -4.50. The van der Waals surface area contributed by atoms with E-state index in [-0.39, 0.29) is 23.4 Å². The Balaban J connectivity index is 1.71. The highest BCUT2D eigenvalue weighted by Gasteiger charge is 2.44. The molecule has 1 aliphatic heterocycles. The number of ketones is 1. The van der Waals surface area contributed by atoms with Crippen molar-refractivity contribution in [3.8, 4) is 5.75 Å². The summed E-state index contributed by atoms with van der Waals surface area (Å²) in [6.07, 6.45) is 0. The number of amides is 1. The normalized spacial score (nSPS) is 16.7. The molecule has 1 N–H and O–H groups in total. The van der Waals surface area contributed by atoms with Gasteiger partial charge in [0.2, 0.25) is 5.78 Å². The van der Waals surface area contributed by atoms with Crippen LogP contribution < -0.4 is 14.7 Å². The summed E-state index contributed by atoms with van der Waals surface area (Å²) in [6, 6.07) is 19.3. The topological polar surface area (TPSA) is 117 Å². The van der Waals surface area contributed by atoms with E-state index >= 15 is 0 Å². The number of carbonyl (C=O) groups excluding carboxylic acids is 2. The first kappa shape index (κ1) is 26.6. The molecule has 3 aromatic carbocycles. The van der Waals surface area contributed by atoms with E-state index in [0.29, 0.717) is 30.0 Å². The van der Waals surface area contributed by atoms with Crippen LogP contribution in [0.1, 0.15) is 28.3 Å². The highest BCUT2D eigenvalue weighted by molar-refractivity contribution is 6.46. The van der Waals surface area contributed by atoms with Gasteiger partial charge < -0.3 is 19.6 Å². The molecule has 38 heavy (non-hydrogen) atoms. The predicted octanol–water partition coefficient (Wildman–Crippen LogP) is 1.85. The van der Waals surface area contributed by atoms with E-state index in [1.54, 1.807) is 18.2 Å². The molecule has 1 fully saturated rings. The maximum Gasteiger partial charge on any atom is 0.295 e. The van der Waals surface area contributed by atoms with Crippen LogP contribution in [0.3, 0.4) is 0 Å². The third-order valence-electron chi connectivity index (χ3n) is 6.48. The third kappa shape index (κ3) is 5.57. The van der Waals surface area contributed by atoms with Crippen LogP contribution in [0.15, 0.2) is 78.4 Å². The number of benzene rings is 3. The minimum absolute atomic E-state index is 0.122. The van der Waals surface area contributed by atoms with Gasteiger partial charge in [-0.3, -0.25) is 19.7 Å². The van der Waals surface area contributed by atoms with Crippen LogP contribution in [0.5, 0.6) is 5.75 Å². The van der Waals surface area contributed by atoms with Crippen LogP contribution >= 0.6 is 0 Å². The fourth-order valence-corrected chi connectivity index (χ4v) is 4.41. The number of quaternary nitrogens is 1. The fraction of sp³-hybridized carbons (Fsp3) is 0.241. The number of nitro groups is 1. The number of non-ortho nitro benzene ring substituents is 1. The lowest BCUT2D eigenvalue weighted by Crippen LogP contribution is -3.06. The summed E-state index contributed by atoms with van der Waals surface area (Å²) in [5.74, 6) is -1.55. The van der Waals surface area contributed by atoms with Crippen LogP contribution in [0, 0.1) is 17.0 Å². The number of nitro benzene ring substituents is 1. The molecule has 1 aliphatic rings. The molecular formula is C29H29N3O6. The molecule has 1 unspecified atom stereocenters. The van der Waals surface area contributed by atoms with E-state index in [1.165, 1.54) is 29.2 Å².